The van der Waals surface area contributed by atoms with E-state index in [9.17, 15) is 4.39 Å². The SMILES string of the molecule is C[C@H]1CCc2c(sc3nc(C[NH+]4CCOCC4)nc(Oc4cccc(F)c4)c23)C1. The Labute approximate surface area is 173 Å². The van der Waals surface area contributed by atoms with Crippen molar-refractivity contribution in [3.63, 3.8) is 0 Å². The third kappa shape index (κ3) is 3.99. The van der Waals surface area contributed by atoms with Crippen LogP contribution in [-0.2, 0) is 24.1 Å². The number of nitrogens with zero attached hydrogens (tertiary/aromatic N) is 2. The molecule has 0 saturated carbocycles. The summed E-state index contributed by atoms with van der Waals surface area (Å²) < 4.78 is 25.3. The molecule has 1 fully saturated rings. The van der Waals surface area contributed by atoms with Crippen LogP contribution in [0.25, 0.3) is 10.2 Å². The van der Waals surface area contributed by atoms with E-state index in [1.165, 1.54) is 27.5 Å². The second kappa shape index (κ2) is 7.97. The summed E-state index contributed by atoms with van der Waals surface area (Å²) in [4.78, 5) is 13.5. The summed E-state index contributed by atoms with van der Waals surface area (Å²) in [5.74, 6) is 2.20. The van der Waals surface area contributed by atoms with Gasteiger partial charge in [0.05, 0.1) is 18.6 Å². The van der Waals surface area contributed by atoms with Crippen LogP contribution in [0.3, 0.4) is 0 Å². The summed E-state index contributed by atoms with van der Waals surface area (Å²) in [6.45, 7) is 6.51. The van der Waals surface area contributed by atoms with E-state index in [1.54, 1.807) is 23.5 Å². The first-order valence-corrected chi connectivity index (χ1v) is 11.1. The highest BCUT2D eigenvalue weighted by molar-refractivity contribution is 7.18. The molecule has 2 aromatic heterocycles. The fourth-order valence-electron chi connectivity index (χ4n) is 4.21. The van der Waals surface area contributed by atoms with Gasteiger partial charge in [0.15, 0.2) is 5.82 Å². The van der Waals surface area contributed by atoms with Gasteiger partial charge in [0.25, 0.3) is 0 Å². The maximum Gasteiger partial charge on any atom is 0.231 e. The number of quaternary nitrogens is 1. The minimum atomic E-state index is -0.313. The van der Waals surface area contributed by atoms with Crippen LogP contribution in [-0.4, -0.2) is 36.3 Å². The lowest BCUT2D eigenvalue weighted by molar-refractivity contribution is -0.922. The van der Waals surface area contributed by atoms with Crippen molar-refractivity contribution in [2.45, 2.75) is 32.7 Å². The molecular formula is C22H25FN3O2S+. The molecule has 3 heterocycles. The van der Waals surface area contributed by atoms with Crippen molar-refractivity contribution < 1.29 is 18.8 Å². The Morgan fingerprint density at radius 3 is 2.97 bits per heavy atom. The third-order valence-electron chi connectivity index (χ3n) is 5.79. The first-order valence-electron chi connectivity index (χ1n) is 10.3. The van der Waals surface area contributed by atoms with Crippen LogP contribution < -0.4 is 9.64 Å². The molecule has 2 aliphatic rings. The standard InChI is InChI=1S/C22H24FN3O2S/c1-14-5-6-17-18(11-14)29-22-20(17)21(28-16-4-2-3-15(23)12-16)24-19(25-22)13-26-7-9-27-10-8-26/h2-4,12,14H,5-11,13H2,1H3/p+1/t14-/m0/s1. The number of ether oxygens (including phenoxy) is 2. The summed E-state index contributed by atoms with van der Waals surface area (Å²) >= 11 is 1.77. The number of benzene rings is 1. The van der Waals surface area contributed by atoms with Gasteiger partial charge in [0.2, 0.25) is 5.88 Å². The van der Waals surface area contributed by atoms with Gasteiger partial charge in [-0.05, 0) is 42.9 Å². The molecule has 29 heavy (non-hydrogen) atoms. The molecule has 1 saturated heterocycles. The second-order valence-electron chi connectivity index (χ2n) is 8.08. The fourth-order valence-corrected chi connectivity index (χ4v) is 5.60. The second-order valence-corrected chi connectivity index (χ2v) is 9.16. The van der Waals surface area contributed by atoms with E-state index in [1.807, 2.05) is 0 Å². The molecule has 152 valence electrons. The van der Waals surface area contributed by atoms with Gasteiger partial charge in [-0.3, -0.25) is 0 Å². The molecule has 1 N–H and O–H groups in total. The largest absolute Gasteiger partial charge is 0.438 e. The monoisotopic (exact) mass is 414 g/mol. The predicted octanol–water partition coefficient (Wildman–Crippen LogP) is 3.16. The molecule has 5 nitrogen and oxygen atoms in total. The fraction of sp³-hybridized carbons (Fsp3) is 0.455. The van der Waals surface area contributed by atoms with Crippen LogP contribution >= 0.6 is 11.3 Å². The molecule has 1 aliphatic heterocycles. The molecule has 0 unspecified atom stereocenters. The molecule has 0 radical (unpaired) electrons. The van der Waals surface area contributed by atoms with Crippen LogP contribution in [0.4, 0.5) is 4.39 Å². The number of fused-ring (bicyclic) bond motifs is 3. The quantitative estimate of drug-likeness (QED) is 0.713. The molecule has 0 bridgehead atoms. The normalized spacial score (nSPS) is 20.0. The van der Waals surface area contributed by atoms with Gasteiger partial charge in [-0.1, -0.05) is 13.0 Å². The smallest absolute Gasteiger partial charge is 0.231 e. The van der Waals surface area contributed by atoms with Gasteiger partial charge in [0.1, 0.15) is 36.0 Å². The lowest BCUT2D eigenvalue weighted by Gasteiger charge is -2.23. The van der Waals surface area contributed by atoms with E-state index < -0.39 is 0 Å². The molecular weight excluding hydrogens is 389 g/mol. The summed E-state index contributed by atoms with van der Waals surface area (Å²) in [6.07, 6.45) is 3.27. The highest BCUT2D eigenvalue weighted by Gasteiger charge is 2.26. The number of aryl methyl sites for hydroxylation is 1. The highest BCUT2D eigenvalue weighted by atomic mass is 32.1. The highest BCUT2D eigenvalue weighted by Crippen LogP contribution is 2.41. The number of rotatable bonds is 4. The predicted molar refractivity (Wildman–Crippen MR) is 110 cm³/mol. The number of morpholine rings is 1. The van der Waals surface area contributed by atoms with Crippen molar-refractivity contribution in [1.29, 1.82) is 0 Å². The van der Waals surface area contributed by atoms with Gasteiger partial charge < -0.3 is 14.4 Å². The molecule has 3 aromatic rings. The van der Waals surface area contributed by atoms with Crippen molar-refractivity contribution >= 4 is 21.6 Å². The first-order chi connectivity index (χ1) is 14.2. The van der Waals surface area contributed by atoms with E-state index >= 15 is 0 Å². The molecule has 1 atom stereocenters. The summed E-state index contributed by atoms with van der Waals surface area (Å²) in [7, 11) is 0. The molecule has 1 aliphatic carbocycles. The van der Waals surface area contributed by atoms with Gasteiger partial charge in [-0.15, -0.1) is 11.3 Å². The number of hydrogen-bond acceptors (Lipinski definition) is 5. The minimum Gasteiger partial charge on any atom is -0.438 e. The van der Waals surface area contributed by atoms with E-state index in [-0.39, 0.29) is 5.82 Å². The molecule has 7 heteroatoms. The van der Waals surface area contributed by atoms with Crippen molar-refractivity contribution in [3.8, 4) is 11.6 Å². The van der Waals surface area contributed by atoms with Gasteiger partial charge in [0, 0.05) is 10.9 Å². The first kappa shape index (κ1) is 18.9. The number of aromatic nitrogens is 2. The van der Waals surface area contributed by atoms with Crippen molar-refractivity contribution in [1.82, 2.24) is 9.97 Å². The Bertz CT molecular complexity index is 1030. The minimum absolute atomic E-state index is 0.313. The lowest BCUT2D eigenvalue weighted by atomic mass is 9.89. The number of thiophene rings is 1. The topological polar surface area (TPSA) is 48.7 Å². The summed E-state index contributed by atoms with van der Waals surface area (Å²) in [6, 6.07) is 6.25. The van der Waals surface area contributed by atoms with Crippen LogP contribution in [0.1, 0.15) is 29.6 Å². The molecule has 0 amide bonds. The summed E-state index contributed by atoms with van der Waals surface area (Å²) in [5.41, 5.74) is 1.32. The van der Waals surface area contributed by atoms with Gasteiger partial charge >= 0.3 is 0 Å². The Morgan fingerprint density at radius 2 is 2.14 bits per heavy atom. The van der Waals surface area contributed by atoms with Crippen LogP contribution in [0.5, 0.6) is 11.6 Å². The average molecular weight is 415 g/mol. The summed E-state index contributed by atoms with van der Waals surface area (Å²) in [5, 5.41) is 1.02. The maximum atomic E-state index is 13.7. The van der Waals surface area contributed by atoms with Gasteiger partial charge in [-0.25, -0.2) is 9.37 Å². The number of halogens is 1. The van der Waals surface area contributed by atoms with Gasteiger partial charge in [-0.2, -0.15) is 4.98 Å². The van der Waals surface area contributed by atoms with E-state index in [0.29, 0.717) is 17.5 Å². The van der Waals surface area contributed by atoms with E-state index in [2.05, 4.69) is 6.92 Å². The van der Waals surface area contributed by atoms with Crippen molar-refractivity contribution in [2.75, 3.05) is 26.3 Å². The van der Waals surface area contributed by atoms with Crippen molar-refractivity contribution in [3.05, 3.63) is 46.3 Å². The third-order valence-corrected chi connectivity index (χ3v) is 6.94. The zero-order chi connectivity index (χ0) is 19.8. The van der Waals surface area contributed by atoms with Crippen LogP contribution in [0, 0.1) is 11.7 Å². The molecule has 0 spiro atoms. The Morgan fingerprint density at radius 1 is 1.28 bits per heavy atom. The average Bonchev–Trinajstić information content (AvgIpc) is 3.06. The Kier molecular flexibility index (Phi) is 5.20. The molecule has 1 aromatic carbocycles. The number of hydrogen-bond donors (Lipinski definition) is 1. The zero-order valence-corrected chi connectivity index (χ0v) is 17.4. The Hall–Kier alpha value is -2.09. The molecule has 5 rings (SSSR count). The number of nitrogens with one attached hydrogen (secondary N) is 1. The van der Waals surface area contributed by atoms with E-state index in [4.69, 9.17) is 19.4 Å². The van der Waals surface area contributed by atoms with E-state index in [0.717, 1.165) is 68.2 Å². The van der Waals surface area contributed by atoms with Crippen molar-refractivity contribution in [2.24, 2.45) is 5.92 Å². The van der Waals surface area contributed by atoms with Crippen LogP contribution in [0.15, 0.2) is 24.3 Å². The maximum absolute atomic E-state index is 13.7. The Balaban J connectivity index is 1.56. The lowest BCUT2D eigenvalue weighted by Crippen LogP contribution is -3.12. The van der Waals surface area contributed by atoms with Crippen LogP contribution in [0.2, 0.25) is 0 Å². The zero-order valence-electron chi connectivity index (χ0n) is 16.5.